The largest absolute Gasteiger partial charge is 0.297 e. The van der Waals surface area contributed by atoms with E-state index in [2.05, 4.69) is 32.7 Å². The zero-order chi connectivity index (χ0) is 7.98. The molecular weight excluding hydrogens is 122 g/mol. The van der Waals surface area contributed by atoms with Gasteiger partial charge < -0.3 is 0 Å². The summed E-state index contributed by atoms with van der Waals surface area (Å²) in [6.07, 6.45) is 3.24. The highest BCUT2D eigenvalue weighted by molar-refractivity contribution is 5.59. The quantitative estimate of drug-likeness (QED) is 0.534. The minimum Gasteiger partial charge on any atom is -0.297 e. The van der Waals surface area contributed by atoms with Crippen molar-refractivity contribution in [2.45, 2.75) is 34.1 Å². The SMILES string of the molecule is CC(C)/C=N/CCC(C)C. The fourth-order valence-corrected chi connectivity index (χ4v) is 0.618. The number of hydrogen-bond acceptors (Lipinski definition) is 1. The first-order valence-electron chi connectivity index (χ1n) is 4.13. The van der Waals surface area contributed by atoms with Crippen molar-refractivity contribution in [1.29, 1.82) is 0 Å². The van der Waals surface area contributed by atoms with E-state index in [0.29, 0.717) is 5.92 Å². The van der Waals surface area contributed by atoms with Gasteiger partial charge in [0, 0.05) is 12.8 Å². The number of nitrogens with zero attached hydrogens (tertiary/aromatic N) is 1. The van der Waals surface area contributed by atoms with Crippen LogP contribution < -0.4 is 0 Å². The predicted octanol–water partition coefficient (Wildman–Crippen LogP) is 2.76. The van der Waals surface area contributed by atoms with Crippen LogP contribution in [-0.4, -0.2) is 12.8 Å². The Hall–Kier alpha value is -0.330. The van der Waals surface area contributed by atoms with Crippen LogP contribution in [0.15, 0.2) is 4.99 Å². The van der Waals surface area contributed by atoms with Crippen molar-refractivity contribution >= 4 is 6.21 Å². The molecule has 1 heteroatoms. The van der Waals surface area contributed by atoms with E-state index >= 15 is 0 Å². The highest BCUT2D eigenvalue weighted by atomic mass is 14.7. The Morgan fingerprint density at radius 3 is 2.20 bits per heavy atom. The molecule has 0 spiro atoms. The smallest absolute Gasteiger partial charge is 0.0387 e. The van der Waals surface area contributed by atoms with Crippen LogP contribution in [0.5, 0.6) is 0 Å². The van der Waals surface area contributed by atoms with E-state index in [1.807, 2.05) is 6.21 Å². The number of hydrogen-bond donors (Lipinski definition) is 0. The standard InChI is InChI=1S/C9H19N/c1-8(2)5-6-10-7-9(3)4/h7-9H,5-6H2,1-4H3/b10-7+. The Morgan fingerprint density at radius 1 is 1.20 bits per heavy atom. The van der Waals surface area contributed by atoms with E-state index in [-0.39, 0.29) is 0 Å². The molecule has 0 heterocycles. The molecule has 0 saturated carbocycles. The van der Waals surface area contributed by atoms with Crippen molar-refractivity contribution in [1.82, 2.24) is 0 Å². The van der Waals surface area contributed by atoms with Gasteiger partial charge in [-0.15, -0.1) is 0 Å². The van der Waals surface area contributed by atoms with E-state index in [4.69, 9.17) is 0 Å². The molecule has 0 rings (SSSR count). The lowest BCUT2D eigenvalue weighted by Gasteiger charge is -1.99. The Morgan fingerprint density at radius 2 is 1.80 bits per heavy atom. The van der Waals surface area contributed by atoms with Crippen molar-refractivity contribution in [3.05, 3.63) is 0 Å². The molecule has 0 aromatic heterocycles. The zero-order valence-corrected chi connectivity index (χ0v) is 7.59. The molecule has 0 aliphatic heterocycles. The summed E-state index contributed by atoms with van der Waals surface area (Å²) in [5.41, 5.74) is 0. The molecule has 10 heavy (non-hydrogen) atoms. The van der Waals surface area contributed by atoms with Gasteiger partial charge in [0.15, 0.2) is 0 Å². The third kappa shape index (κ3) is 7.67. The summed E-state index contributed by atoms with van der Waals surface area (Å²) in [5.74, 6) is 1.39. The van der Waals surface area contributed by atoms with Gasteiger partial charge in [0.2, 0.25) is 0 Å². The van der Waals surface area contributed by atoms with Gasteiger partial charge >= 0.3 is 0 Å². The van der Waals surface area contributed by atoms with Gasteiger partial charge in [-0.05, 0) is 18.3 Å². The minimum absolute atomic E-state index is 0.604. The summed E-state index contributed by atoms with van der Waals surface area (Å²) in [6, 6.07) is 0. The van der Waals surface area contributed by atoms with Gasteiger partial charge in [-0.3, -0.25) is 4.99 Å². The molecule has 0 amide bonds. The average Bonchev–Trinajstić information content (AvgIpc) is 1.79. The van der Waals surface area contributed by atoms with Crippen LogP contribution in [0.3, 0.4) is 0 Å². The van der Waals surface area contributed by atoms with Crippen molar-refractivity contribution in [2.75, 3.05) is 6.54 Å². The van der Waals surface area contributed by atoms with Crippen LogP contribution in [-0.2, 0) is 0 Å². The summed E-state index contributed by atoms with van der Waals surface area (Å²) >= 11 is 0. The van der Waals surface area contributed by atoms with Gasteiger partial charge in [0.05, 0.1) is 0 Å². The second-order valence-electron chi connectivity index (χ2n) is 3.48. The molecule has 0 radical (unpaired) electrons. The van der Waals surface area contributed by atoms with Crippen LogP contribution in [0.25, 0.3) is 0 Å². The lowest BCUT2D eigenvalue weighted by atomic mass is 10.1. The van der Waals surface area contributed by atoms with Crippen molar-refractivity contribution in [2.24, 2.45) is 16.8 Å². The Balaban J connectivity index is 3.19. The molecule has 0 atom stereocenters. The molecule has 0 bridgehead atoms. The molecule has 1 nitrogen and oxygen atoms in total. The first-order chi connectivity index (χ1) is 4.63. The fourth-order valence-electron chi connectivity index (χ4n) is 0.618. The lowest BCUT2D eigenvalue weighted by Crippen LogP contribution is -1.93. The first-order valence-corrected chi connectivity index (χ1v) is 4.13. The molecule has 0 aromatic carbocycles. The van der Waals surface area contributed by atoms with Crippen molar-refractivity contribution in [3.8, 4) is 0 Å². The van der Waals surface area contributed by atoms with Gasteiger partial charge in [-0.2, -0.15) is 0 Å². The second-order valence-corrected chi connectivity index (χ2v) is 3.48. The summed E-state index contributed by atoms with van der Waals surface area (Å²) in [4.78, 5) is 4.29. The van der Waals surface area contributed by atoms with Crippen LogP contribution in [0.2, 0.25) is 0 Å². The monoisotopic (exact) mass is 141 g/mol. The average molecular weight is 141 g/mol. The lowest BCUT2D eigenvalue weighted by molar-refractivity contribution is 0.596. The van der Waals surface area contributed by atoms with E-state index < -0.39 is 0 Å². The molecule has 0 unspecified atom stereocenters. The second kappa shape index (κ2) is 5.45. The maximum absolute atomic E-state index is 4.29. The number of rotatable bonds is 4. The van der Waals surface area contributed by atoms with Gasteiger partial charge in [0.25, 0.3) is 0 Å². The molecule has 60 valence electrons. The van der Waals surface area contributed by atoms with Gasteiger partial charge in [0.1, 0.15) is 0 Å². The Bertz CT molecular complexity index is 92.9. The molecule has 0 saturated heterocycles. The highest BCUT2D eigenvalue weighted by Gasteiger charge is 1.90. The maximum atomic E-state index is 4.29. The molecule has 0 aliphatic carbocycles. The summed E-state index contributed by atoms with van der Waals surface area (Å²) in [7, 11) is 0. The molecule has 0 aliphatic rings. The normalized spacial score (nSPS) is 12.2. The van der Waals surface area contributed by atoms with E-state index in [0.717, 1.165) is 12.5 Å². The third-order valence-corrected chi connectivity index (χ3v) is 1.24. The van der Waals surface area contributed by atoms with Crippen molar-refractivity contribution < 1.29 is 0 Å². The minimum atomic E-state index is 0.604. The van der Waals surface area contributed by atoms with Crippen LogP contribution >= 0.6 is 0 Å². The van der Waals surface area contributed by atoms with E-state index in [9.17, 15) is 0 Å². The molecule has 0 N–H and O–H groups in total. The van der Waals surface area contributed by atoms with Crippen LogP contribution in [0.4, 0.5) is 0 Å². The van der Waals surface area contributed by atoms with Crippen molar-refractivity contribution in [3.63, 3.8) is 0 Å². The number of aliphatic imine (C=N–C) groups is 1. The summed E-state index contributed by atoms with van der Waals surface area (Å²) < 4.78 is 0. The maximum Gasteiger partial charge on any atom is 0.0387 e. The summed E-state index contributed by atoms with van der Waals surface area (Å²) in [6.45, 7) is 9.75. The Kier molecular flexibility index (Phi) is 5.27. The fraction of sp³-hybridized carbons (Fsp3) is 0.889. The predicted molar refractivity (Wildman–Crippen MR) is 47.7 cm³/mol. The first kappa shape index (κ1) is 9.67. The van der Waals surface area contributed by atoms with E-state index in [1.165, 1.54) is 6.42 Å². The Labute approximate surface area is 64.6 Å². The zero-order valence-electron chi connectivity index (χ0n) is 7.59. The topological polar surface area (TPSA) is 12.4 Å². The van der Waals surface area contributed by atoms with Crippen LogP contribution in [0, 0.1) is 11.8 Å². The van der Waals surface area contributed by atoms with Gasteiger partial charge in [-0.25, -0.2) is 0 Å². The summed E-state index contributed by atoms with van der Waals surface area (Å²) in [5, 5.41) is 0. The van der Waals surface area contributed by atoms with Gasteiger partial charge in [-0.1, -0.05) is 27.7 Å². The molecule has 0 aromatic rings. The van der Waals surface area contributed by atoms with Crippen LogP contribution in [0.1, 0.15) is 34.1 Å². The molecular formula is C9H19N. The van der Waals surface area contributed by atoms with E-state index in [1.54, 1.807) is 0 Å². The third-order valence-electron chi connectivity index (χ3n) is 1.24. The highest BCUT2D eigenvalue weighted by Crippen LogP contribution is 1.98. The molecule has 0 fully saturated rings.